The Balaban J connectivity index is 1.38. The predicted octanol–water partition coefficient (Wildman–Crippen LogP) is 1.55. The largest absolute Gasteiger partial charge is 0.345 e. The molecule has 2 aromatic rings. The number of carbonyl (C=O) groups excluding carboxylic acids is 1. The number of hydrogen-bond donors (Lipinski definition) is 1. The van der Waals surface area contributed by atoms with E-state index in [4.69, 9.17) is 0 Å². The van der Waals surface area contributed by atoms with Gasteiger partial charge in [0.1, 0.15) is 16.1 Å². The van der Waals surface area contributed by atoms with E-state index in [2.05, 4.69) is 16.0 Å². The molecule has 166 valence electrons. The third-order valence-corrected chi connectivity index (χ3v) is 8.56. The SMILES string of the molecule is CN(C(=O)CN1CCN(S(=O)(=O)c2c[nH]c3ncccc23)CC1)C1(C#N)CCCCC1. The van der Waals surface area contributed by atoms with Crippen LogP contribution >= 0.6 is 0 Å². The first kappa shape index (κ1) is 21.7. The lowest BCUT2D eigenvalue weighted by Gasteiger charge is -2.40. The molecular formula is C21H28N6O3S. The standard InChI is InChI=1S/C21H28N6O3S/c1-25(21(16-22)7-3-2-4-8-21)19(28)15-26-10-12-27(13-11-26)31(29,30)18-14-24-20-17(18)6-5-9-23-20/h5-6,9,14H,2-4,7-8,10-13,15H2,1H3,(H,23,24). The van der Waals surface area contributed by atoms with E-state index in [1.54, 1.807) is 30.3 Å². The first-order chi connectivity index (χ1) is 14.9. The summed E-state index contributed by atoms with van der Waals surface area (Å²) in [6.07, 6.45) is 7.58. The van der Waals surface area contributed by atoms with Crippen molar-refractivity contribution in [3.05, 3.63) is 24.5 Å². The molecule has 9 nitrogen and oxygen atoms in total. The summed E-state index contributed by atoms with van der Waals surface area (Å²) in [5, 5.41) is 10.3. The number of nitriles is 1. The van der Waals surface area contributed by atoms with Gasteiger partial charge in [-0.05, 0) is 25.0 Å². The number of nitrogens with zero attached hydrogens (tertiary/aromatic N) is 5. The highest BCUT2D eigenvalue weighted by atomic mass is 32.2. The lowest BCUT2D eigenvalue weighted by atomic mass is 9.81. The number of amides is 1. The van der Waals surface area contributed by atoms with Gasteiger partial charge in [0, 0.05) is 51.0 Å². The molecule has 1 amide bonds. The molecule has 0 atom stereocenters. The minimum atomic E-state index is -3.65. The Morgan fingerprint density at radius 1 is 1.26 bits per heavy atom. The van der Waals surface area contributed by atoms with Crippen LogP contribution in [0.5, 0.6) is 0 Å². The van der Waals surface area contributed by atoms with Crippen LogP contribution in [0, 0.1) is 11.3 Å². The Morgan fingerprint density at radius 2 is 1.97 bits per heavy atom. The van der Waals surface area contributed by atoms with Crippen LogP contribution in [0.2, 0.25) is 0 Å². The zero-order valence-corrected chi connectivity index (χ0v) is 18.6. The average molecular weight is 445 g/mol. The van der Waals surface area contributed by atoms with Crippen molar-refractivity contribution in [3.63, 3.8) is 0 Å². The van der Waals surface area contributed by atoms with Crippen molar-refractivity contribution in [1.82, 2.24) is 24.1 Å². The second kappa shape index (κ2) is 8.57. The van der Waals surface area contributed by atoms with E-state index < -0.39 is 15.6 Å². The molecule has 1 aliphatic heterocycles. The van der Waals surface area contributed by atoms with Gasteiger partial charge in [-0.3, -0.25) is 9.69 Å². The molecule has 0 radical (unpaired) electrons. The van der Waals surface area contributed by atoms with Crippen LogP contribution in [-0.2, 0) is 14.8 Å². The van der Waals surface area contributed by atoms with Crippen molar-refractivity contribution in [3.8, 4) is 6.07 Å². The lowest BCUT2D eigenvalue weighted by molar-refractivity contribution is -0.136. The number of hydrogen-bond acceptors (Lipinski definition) is 6. The van der Waals surface area contributed by atoms with Crippen LogP contribution < -0.4 is 0 Å². The van der Waals surface area contributed by atoms with Crippen molar-refractivity contribution in [2.75, 3.05) is 39.8 Å². The van der Waals surface area contributed by atoms with Crippen LogP contribution in [0.4, 0.5) is 0 Å². The van der Waals surface area contributed by atoms with Gasteiger partial charge >= 0.3 is 0 Å². The van der Waals surface area contributed by atoms with Gasteiger partial charge in [0.05, 0.1) is 12.6 Å². The van der Waals surface area contributed by atoms with Gasteiger partial charge < -0.3 is 9.88 Å². The Labute approximate surface area is 182 Å². The van der Waals surface area contributed by atoms with Gasteiger partial charge in [-0.25, -0.2) is 13.4 Å². The Kier molecular flexibility index (Phi) is 6.01. The summed E-state index contributed by atoms with van der Waals surface area (Å²) in [6.45, 7) is 1.77. The molecule has 10 heteroatoms. The summed E-state index contributed by atoms with van der Waals surface area (Å²) in [6, 6.07) is 5.84. The van der Waals surface area contributed by atoms with Crippen LogP contribution in [0.1, 0.15) is 32.1 Å². The maximum absolute atomic E-state index is 13.1. The molecular weight excluding hydrogens is 416 g/mol. The first-order valence-electron chi connectivity index (χ1n) is 10.7. The number of sulfonamides is 1. The van der Waals surface area contributed by atoms with Gasteiger partial charge in [0.15, 0.2) is 0 Å². The van der Waals surface area contributed by atoms with Crippen molar-refractivity contribution < 1.29 is 13.2 Å². The third-order valence-electron chi connectivity index (χ3n) is 6.63. The smallest absolute Gasteiger partial charge is 0.245 e. The number of fused-ring (bicyclic) bond motifs is 1. The van der Waals surface area contributed by atoms with Gasteiger partial charge in [-0.2, -0.15) is 9.57 Å². The summed E-state index contributed by atoms with van der Waals surface area (Å²) < 4.78 is 27.7. The number of likely N-dealkylation sites (N-methyl/N-ethyl adjacent to an activating group) is 1. The minimum absolute atomic E-state index is 0.0811. The predicted molar refractivity (Wildman–Crippen MR) is 115 cm³/mol. The van der Waals surface area contributed by atoms with Crippen LogP contribution in [0.3, 0.4) is 0 Å². The number of nitrogens with one attached hydrogen (secondary N) is 1. The maximum atomic E-state index is 13.1. The molecule has 31 heavy (non-hydrogen) atoms. The molecule has 1 N–H and O–H groups in total. The van der Waals surface area contributed by atoms with E-state index in [9.17, 15) is 18.5 Å². The number of pyridine rings is 1. The molecule has 0 unspecified atom stereocenters. The quantitative estimate of drug-likeness (QED) is 0.749. The van der Waals surface area contributed by atoms with Crippen molar-refractivity contribution in [1.29, 1.82) is 5.26 Å². The molecule has 3 heterocycles. The zero-order valence-electron chi connectivity index (χ0n) is 17.7. The fraction of sp³-hybridized carbons (Fsp3) is 0.571. The topological polar surface area (TPSA) is 113 Å². The second-order valence-corrected chi connectivity index (χ2v) is 10.3. The van der Waals surface area contributed by atoms with E-state index in [0.29, 0.717) is 37.2 Å². The van der Waals surface area contributed by atoms with E-state index in [-0.39, 0.29) is 17.3 Å². The normalized spacial score (nSPS) is 20.4. The Bertz CT molecular complexity index is 1090. The molecule has 0 bridgehead atoms. The van der Waals surface area contributed by atoms with Crippen molar-refractivity contribution in [2.24, 2.45) is 0 Å². The Morgan fingerprint density at radius 3 is 2.65 bits per heavy atom. The third kappa shape index (κ3) is 4.05. The molecule has 0 spiro atoms. The molecule has 2 aromatic heterocycles. The summed E-state index contributed by atoms with van der Waals surface area (Å²) in [5.74, 6) is -0.0811. The molecule has 1 saturated heterocycles. The maximum Gasteiger partial charge on any atom is 0.245 e. The van der Waals surface area contributed by atoms with Gasteiger partial charge in [0.25, 0.3) is 0 Å². The van der Waals surface area contributed by atoms with E-state index >= 15 is 0 Å². The number of aromatic amines is 1. The van der Waals surface area contributed by atoms with Crippen LogP contribution in [-0.4, -0.2) is 83.7 Å². The van der Waals surface area contributed by atoms with Crippen LogP contribution in [0.15, 0.2) is 29.4 Å². The van der Waals surface area contributed by atoms with Gasteiger partial charge in [0.2, 0.25) is 15.9 Å². The highest BCUT2D eigenvalue weighted by molar-refractivity contribution is 7.89. The summed E-state index contributed by atoms with van der Waals surface area (Å²) in [4.78, 5) is 23.8. The number of aromatic nitrogens is 2. The van der Waals surface area contributed by atoms with E-state index in [1.807, 2.05) is 4.90 Å². The van der Waals surface area contributed by atoms with Gasteiger partial charge in [-0.15, -0.1) is 0 Å². The minimum Gasteiger partial charge on any atom is -0.345 e. The molecule has 1 aliphatic carbocycles. The first-order valence-corrected chi connectivity index (χ1v) is 12.1. The van der Waals surface area contributed by atoms with Crippen molar-refractivity contribution in [2.45, 2.75) is 42.5 Å². The van der Waals surface area contributed by atoms with Crippen molar-refractivity contribution >= 4 is 27.0 Å². The van der Waals surface area contributed by atoms with E-state index in [0.717, 1.165) is 32.1 Å². The summed E-state index contributed by atoms with van der Waals surface area (Å²) >= 11 is 0. The lowest BCUT2D eigenvalue weighted by Crippen LogP contribution is -2.55. The number of H-pyrrole nitrogens is 1. The van der Waals surface area contributed by atoms with E-state index in [1.165, 1.54) is 10.5 Å². The highest BCUT2D eigenvalue weighted by Crippen LogP contribution is 2.32. The molecule has 1 saturated carbocycles. The number of carbonyl (C=O) groups is 1. The Hall–Kier alpha value is -2.48. The van der Waals surface area contributed by atoms with Gasteiger partial charge in [-0.1, -0.05) is 19.3 Å². The monoisotopic (exact) mass is 444 g/mol. The zero-order chi connectivity index (χ0) is 22.1. The molecule has 4 rings (SSSR count). The second-order valence-electron chi connectivity index (χ2n) is 8.39. The summed E-state index contributed by atoms with van der Waals surface area (Å²) in [7, 11) is -1.92. The fourth-order valence-electron chi connectivity index (χ4n) is 4.61. The highest BCUT2D eigenvalue weighted by Gasteiger charge is 2.39. The molecule has 2 aliphatic rings. The average Bonchev–Trinajstić information content (AvgIpc) is 3.24. The molecule has 0 aromatic carbocycles. The van der Waals surface area contributed by atoms with Crippen LogP contribution in [0.25, 0.3) is 11.0 Å². The molecule has 2 fully saturated rings. The fourth-order valence-corrected chi connectivity index (χ4v) is 6.18. The number of piperazine rings is 1. The number of rotatable bonds is 5. The summed E-state index contributed by atoms with van der Waals surface area (Å²) in [5.41, 5.74) is -0.161.